The highest BCUT2D eigenvalue weighted by atomic mass is 79.9. The predicted molar refractivity (Wildman–Crippen MR) is 93.2 cm³/mol. The van der Waals surface area contributed by atoms with Gasteiger partial charge in [-0.15, -0.1) is 0 Å². The maximum Gasteiger partial charge on any atom is 0.241 e. The zero-order chi connectivity index (χ0) is 16.4. The van der Waals surface area contributed by atoms with E-state index in [4.69, 9.17) is 0 Å². The van der Waals surface area contributed by atoms with Gasteiger partial charge in [0.15, 0.2) is 0 Å². The molecule has 0 spiro atoms. The van der Waals surface area contributed by atoms with Gasteiger partial charge in [-0.05, 0) is 29.8 Å². The molecule has 1 unspecified atom stereocenters. The van der Waals surface area contributed by atoms with E-state index < -0.39 is 0 Å². The van der Waals surface area contributed by atoms with E-state index in [9.17, 15) is 9.90 Å². The molecule has 5 heteroatoms. The first-order chi connectivity index (χ1) is 11.1. The van der Waals surface area contributed by atoms with Crippen molar-refractivity contribution in [2.45, 2.75) is 19.4 Å². The van der Waals surface area contributed by atoms with Crippen LogP contribution in [0, 0.1) is 0 Å². The van der Waals surface area contributed by atoms with Crippen molar-refractivity contribution in [2.24, 2.45) is 0 Å². The van der Waals surface area contributed by atoms with Gasteiger partial charge in [-0.1, -0.05) is 53.2 Å². The number of nitrogens with one attached hydrogen (secondary N) is 1. The number of hydrogen-bond acceptors (Lipinski definition) is 3. The fourth-order valence-electron chi connectivity index (χ4n) is 2.61. The lowest BCUT2D eigenvalue weighted by Crippen LogP contribution is -2.39. The van der Waals surface area contributed by atoms with Crippen LogP contribution in [0.1, 0.15) is 30.5 Å². The number of rotatable bonds is 3. The Hall–Kier alpha value is -2.27. The van der Waals surface area contributed by atoms with Gasteiger partial charge in [0.05, 0.1) is 5.70 Å². The molecule has 4 nitrogen and oxygen atoms in total. The molecule has 0 radical (unpaired) electrons. The van der Waals surface area contributed by atoms with Crippen molar-refractivity contribution < 1.29 is 9.90 Å². The molecule has 2 aromatic rings. The number of hydrogen-bond donors (Lipinski definition) is 2. The van der Waals surface area contributed by atoms with Gasteiger partial charge in [-0.3, -0.25) is 10.2 Å². The van der Waals surface area contributed by atoms with E-state index in [0.29, 0.717) is 12.0 Å². The van der Waals surface area contributed by atoms with Crippen molar-refractivity contribution in [1.29, 1.82) is 0 Å². The van der Waals surface area contributed by atoms with Crippen LogP contribution in [0.2, 0.25) is 0 Å². The molecule has 23 heavy (non-hydrogen) atoms. The van der Waals surface area contributed by atoms with Crippen molar-refractivity contribution in [3.63, 3.8) is 0 Å². The largest absolute Gasteiger partial charge is 0.508 e. The highest BCUT2D eigenvalue weighted by Gasteiger charge is 2.31. The molecule has 1 aliphatic heterocycles. The minimum absolute atomic E-state index is 0.0263. The van der Waals surface area contributed by atoms with Crippen molar-refractivity contribution in [3.8, 4) is 5.75 Å². The fraction of sp³-hybridized carbons (Fsp3) is 0.167. The highest BCUT2D eigenvalue weighted by Crippen LogP contribution is 2.35. The Kier molecular flexibility index (Phi) is 4.39. The number of hydrazine groups is 1. The minimum Gasteiger partial charge on any atom is -0.508 e. The number of phenolic OH excluding ortho intramolecular Hbond substituents is 1. The standard InChI is InChI=1S/C18H17BrN2O2/c1-2-18(23)21-16(14-5-3-4-6-17(14)22)11-15(20-21)12-7-9-13(19)10-8-12/h3-11,16,20,22H,2H2,1H3. The van der Waals surface area contributed by atoms with E-state index in [1.165, 1.54) is 0 Å². The van der Waals surface area contributed by atoms with Crippen LogP contribution in [0.5, 0.6) is 5.75 Å². The molecule has 0 aromatic heterocycles. The van der Waals surface area contributed by atoms with E-state index in [2.05, 4.69) is 21.4 Å². The van der Waals surface area contributed by atoms with Crippen LogP contribution in [0.3, 0.4) is 0 Å². The zero-order valence-corrected chi connectivity index (χ0v) is 14.2. The molecule has 2 N–H and O–H groups in total. The molecule has 118 valence electrons. The molecular weight excluding hydrogens is 356 g/mol. The maximum atomic E-state index is 12.3. The van der Waals surface area contributed by atoms with E-state index >= 15 is 0 Å². The summed E-state index contributed by atoms with van der Waals surface area (Å²) >= 11 is 3.42. The minimum atomic E-state index is -0.331. The van der Waals surface area contributed by atoms with E-state index in [-0.39, 0.29) is 17.7 Å². The number of para-hydroxylation sites is 1. The molecule has 0 fully saturated rings. The lowest BCUT2D eigenvalue weighted by molar-refractivity contribution is -0.134. The first-order valence-electron chi connectivity index (χ1n) is 7.44. The number of aromatic hydroxyl groups is 1. The van der Waals surface area contributed by atoms with Crippen LogP contribution in [0.15, 0.2) is 59.1 Å². The summed E-state index contributed by atoms with van der Waals surface area (Å²) in [6.07, 6.45) is 2.35. The summed E-state index contributed by atoms with van der Waals surface area (Å²) in [6.45, 7) is 1.82. The second-order valence-electron chi connectivity index (χ2n) is 5.32. The summed E-state index contributed by atoms with van der Waals surface area (Å²) in [7, 11) is 0. The molecule has 0 aliphatic carbocycles. The summed E-state index contributed by atoms with van der Waals surface area (Å²) in [5.74, 6) is 0.156. The predicted octanol–water partition coefficient (Wildman–Crippen LogP) is 3.99. The first kappa shape index (κ1) is 15.6. The maximum absolute atomic E-state index is 12.3. The van der Waals surface area contributed by atoms with Gasteiger partial charge in [-0.25, -0.2) is 5.01 Å². The van der Waals surface area contributed by atoms with Gasteiger partial charge in [0.25, 0.3) is 0 Å². The van der Waals surface area contributed by atoms with Gasteiger partial charge in [0, 0.05) is 16.5 Å². The molecule has 0 saturated carbocycles. The number of carbonyl (C=O) groups is 1. The molecule has 1 heterocycles. The van der Waals surface area contributed by atoms with Crippen LogP contribution in [0.4, 0.5) is 0 Å². The smallest absolute Gasteiger partial charge is 0.241 e. The number of phenols is 1. The Bertz CT molecular complexity index is 756. The molecule has 0 bridgehead atoms. The van der Waals surface area contributed by atoms with Gasteiger partial charge in [0.2, 0.25) is 5.91 Å². The van der Waals surface area contributed by atoms with Crippen LogP contribution in [-0.4, -0.2) is 16.0 Å². The Morgan fingerprint density at radius 3 is 2.57 bits per heavy atom. The molecule has 1 aliphatic rings. The zero-order valence-electron chi connectivity index (χ0n) is 12.7. The van der Waals surface area contributed by atoms with E-state index in [1.54, 1.807) is 17.1 Å². The Labute approximate surface area is 143 Å². The van der Waals surface area contributed by atoms with Crippen LogP contribution in [0.25, 0.3) is 5.70 Å². The average molecular weight is 373 g/mol. The summed E-state index contributed by atoms with van der Waals surface area (Å²) < 4.78 is 0.999. The van der Waals surface area contributed by atoms with E-state index in [1.807, 2.05) is 49.4 Å². The van der Waals surface area contributed by atoms with Gasteiger partial charge in [-0.2, -0.15) is 0 Å². The lowest BCUT2D eigenvalue weighted by atomic mass is 10.0. The Morgan fingerprint density at radius 1 is 1.22 bits per heavy atom. The number of halogens is 1. The monoisotopic (exact) mass is 372 g/mol. The Balaban J connectivity index is 2.00. The third kappa shape index (κ3) is 3.10. The summed E-state index contributed by atoms with van der Waals surface area (Å²) in [5, 5.41) is 11.7. The van der Waals surface area contributed by atoms with Crippen molar-refractivity contribution >= 4 is 27.5 Å². The second-order valence-corrected chi connectivity index (χ2v) is 6.24. The quantitative estimate of drug-likeness (QED) is 0.856. The topological polar surface area (TPSA) is 52.6 Å². The fourth-order valence-corrected chi connectivity index (χ4v) is 2.88. The van der Waals surface area contributed by atoms with Gasteiger partial charge >= 0.3 is 0 Å². The van der Waals surface area contributed by atoms with Crippen molar-refractivity contribution in [2.75, 3.05) is 0 Å². The number of carbonyl (C=O) groups excluding carboxylic acids is 1. The third-order valence-corrected chi connectivity index (χ3v) is 4.35. The van der Waals surface area contributed by atoms with E-state index in [0.717, 1.165) is 15.7 Å². The molecule has 0 saturated heterocycles. The van der Waals surface area contributed by atoms with Gasteiger partial charge in [0.1, 0.15) is 11.8 Å². The SMILES string of the molecule is CCC(=O)N1NC(c2ccc(Br)cc2)=CC1c1ccccc1O. The highest BCUT2D eigenvalue weighted by molar-refractivity contribution is 9.10. The van der Waals surface area contributed by atoms with Crippen molar-refractivity contribution in [3.05, 3.63) is 70.2 Å². The normalized spacial score (nSPS) is 16.9. The average Bonchev–Trinajstić information content (AvgIpc) is 3.00. The number of nitrogens with zero attached hydrogens (tertiary/aromatic N) is 1. The Morgan fingerprint density at radius 2 is 1.91 bits per heavy atom. The van der Waals surface area contributed by atoms with Crippen LogP contribution < -0.4 is 5.43 Å². The van der Waals surface area contributed by atoms with Gasteiger partial charge < -0.3 is 5.11 Å². The van der Waals surface area contributed by atoms with Crippen molar-refractivity contribution in [1.82, 2.24) is 10.4 Å². The summed E-state index contributed by atoms with van der Waals surface area (Å²) in [4.78, 5) is 12.3. The summed E-state index contributed by atoms with van der Waals surface area (Å²) in [6, 6.07) is 14.6. The molecule has 1 atom stereocenters. The summed E-state index contributed by atoms with van der Waals surface area (Å²) in [5.41, 5.74) is 5.71. The first-order valence-corrected chi connectivity index (χ1v) is 8.24. The number of amides is 1. The molecule has 2 aromatic carbocycles. The lowest BCUT2D eigenvalue weighted by Gasteiger charge is -2.25. The molecule has 1 amide bonds. The van der Waals surface area contributed by atoms with Crippen LogP contribution >= 0.6 is 15.9 Å². The number of benzene rings is 2. The second kappa shape index (κ2) is 6.46. The molecule has 3 rings (SSSR count). The molecular formula is C18H17BrN2O2. The third-order valence-electron chi connectivity index (χ3n) is 3.83. The van der Waals surface area contributed by atoms with Crippen LogP contribution in [-0.2, 0) is 4.79 Å².